The van der Waals surface area contributed by atoms with Crippen LogP contribution < -0.4 is 5.14 Å². The standard InChI is InChI=1S/C16H16F2N2O2S/c17-13-9-15(23(19,21)22)14(18)8-12(13)16-11(6-3-7-20-16)10-4-1-2-5-10/h3,6-10H,1-2,4-5H2,(H2,19,21,22). The highest BCUT2D eigenvalue weighted by Gasteiger charge is 2.24. The van der Waals surface area contributed by atoms with E-state index in [2.05, 4.69) is 4.98 Å². The maximum Gasteiger partial charge on any atom is 0.241 e. The third-order valence-corrected chi connectivity index (χ3v) is 5.14. The quantitative estimate of drug-likeness (QED) is 0.933. The van der Waals surface area contributed by atoms with E-state index in [-0.39, 0.29) is 11.5 Å². The van der Waals surface area contributed by atoms with Gasteiger partial charge in [0.25, 0.3) is 0 Å². The first kappa shape index (κ1) is 16.0. The third kappa shape index (κ3) is 3.11. The number of nitrogens with zero attached hydrogens (tertiary/aromatic N) is 1. The molecule has 0 spiro atoms. The molecule has 3 rings (SSSR count). The summed E-state index contributed by atoms with van der Waals surface area (Å²) in [6.07, 6.45) is 5.68. The summed E-state index contributed by atoms with van der Waals surface area (Å²) in [4.78, 5) is 3.35. The average Bonchev–Trinajstić information content (AvgIpc) is 3.02. The van der Waals surface area contributed by atoms with Gasteiger partial charge in [-0.3, -0.25) is 4.98 Å². The largest absolute Gasteiger partial charge is 0.256 e. The van der Waals surface area contributed by atoms with E-state index in [4.69, 9.17) is 5.14 Å². The van der Waals surface area contributed by atoms with E-state index in [1.54, 1.807) is 6.07 Å². The predicted octanol–water partition coefficient (Wildman–Crippen LogP) is 3.33. The molecular weight excluding hydrogens is 322 g/mol. The Morgan fingerprint density at radius 2 is 1.83 bits per heavy atom. The molecule has 0 aliphatic heterocycles. The van der Waals surface area contributed by atoms with Crippen LogP contribution in [0.3, 0.4) is 0 Å². The lowest BCUT2D eigenvalue weighted by molar-refractivity contribution is 0.555. The fraction of sp³-hybridized carbons (Fsp3) is 0.312. The number of hydrogen-bond donors (Lipinski definition) is 1. The van der Waals surface area contributed by atoms with E-state index < -0.39 is 26.6 Å². The molecule has 23 heavy (non-hydrogen) atoms. The van der Waals surface area contributed by atoms with Crippen molar-refractivity contribution in [1.29, 1.82) is 0 Å². The summed E-state index contributed by atoms with van der Waals surface area (Å²) in [5.41, 5.74) is 1.18. The number of aromatic nitrogens is 1. The number of rotatable bonds is 3. The van der Waals surface area contributed by atoms with Gasteiger partial charge in [-0.25, -0.2) is 22.3 Å². The molecule has 1 aliphatic carbocycles. The number of pyridine rings is 1. The molecule has 1 aliphatic rings. The van der Waals surface area contributed by atoms with E-state index in [1.807, 2.05) is 6.07 Å². The van der Waals surface area contributed by atoms with Crippen LogP contribution in [0.5, 0.6) is 0 Å². The van der Waals surface area contributed by atoms with Crippen LogP contribution in [0.25, 0.3) is 11.3 Å². The Morgan fingerprint density at radius 3 is 2.48 bits per heavy atom. The van der Waals surface area contributed by atoms with E-state index in [1.165, 1.54) is 6.20 Å². The smallest absolute Gasteiger partial charge is 0.241 e. The van der Waals surface area contributed by atoms with Crippen LogP contribution in [0, 0.1) is 11.6 Å². The summed E-state index contributed by atoms with van der Waals surface area (Å²) >= 11 is 0. The van der Waals surface area contributed by atoms with Crippen molar-refractivity contribution in [1.82, 2.24) is 4.98 Å². The first-order valence-electron chi connectivity index (χ1n) is 7.35. The van der Waals surface area contributed by atoms with Crippen LogP contribution in [0.1, 0.15) is 37.2 Å². The molecule has 1 aromatic carbocycles. The van der Waals surface area contributed by atoms with Gasteiger partial charge in [0.1, 0.15) is 16.5 Å². The zero-order valence-corrected chi connectivity index (χ0v) is 13.1. The van der Waals surface area contributed by atoms with Gasteiger partial charge >= 0.3 is 0 Å². The van der Waals surface area contributed by atoms with E-state index >= 15 is 0 Å². The van der Waals surface area contributed by atoms with E-state index in [0.717, 1.165) is 37.3 Å². The van der Waals surface area contributed by atoms with Crippen molar-refractivity contribution < 1.29 is 17.2 Å². The second-order valence-electron chi connectivity index (χ2n) is 5.73. The van der Waals surface area contributed by atoms with Gasteiger partial charge in [0, 0.05) is 11.8 Å². The first-order valence-corrected chi connectivity index (χ1v) is 8.89. The van der Waals surface area contributed by atoms with Gasteiger partial charge in [-0.05, 0) is 42.5 Å². The molecule has 0 unspecified atom stereocenters. The number of benzene rings is 1. The van der Waals surface area contributed by atoms with Crippen LogP contribution in [-0.2, 0) is 10.0 Å². The second kappa shape index (κ2) is 5.98. The highest BCUT2D eigenvalue weighted by Crippen LogP contribution is 2.39. The molecular formula is C16H16F2N2O2S. The summed E-state index contributed by atoms with van der Waals surface area (Å²) in [5.74, 6) is -1.67. The normalized spacial score (nSPS) is 16.0. The second-order valence-corrected chi connectivity index (χ2v) is 7.26. The number of halogens is 2. The van der Waals surface area contributed by atoms with E-state index in [0.29, 0.717) is 11.8 Å². The van der Waals surface area contributed by atoms with Crippen molar-refractivity contribution in [2.24, 2.45) is 5.14 Å². The van der Waals surface area contributed by atoms with Gasteiger partial charge in [-0.2, -0.15) is 0 Å². The van der Waals surface area contributed by atoms with Gasteiger partial charge in [0.15, 0.2) is 0 Å². The molecule has 0 atom stereocenters. The Balaban J connectivity index is 2.15. The van der Waals surface area contributed by atoms with Gasteiger partial charge in [0.2, 0.25) is 10.0 Å². The van der Waals surface area contributed by atoms with Crippen LogP contribution in [0.2, 0.25) is 0 Å². The molecule has 4 nitrogen and oxygen atoms in total. The van der Waals surface area contributed by atoms with Crippen LogP contribution in [0.4, 0.5) is 8.78 Å². The summed E-state index contributed by atoms with van der Waals surface area (Å²) in [6.45, 7) is 0. The van der Waals surface area contributed by atoms with Crippen LogP contribution in [-0.4, -0.2) is 13.4 Å². The molecule has 0 radical (unpaired) electrons. The third-order valence-electron chi connectivity index (χ3n) is 4.22. The van der Waals surface area contributed by atoms with Gasteiger partial charge in [0.05, 0.1) is 5.69 Å². The maximum absolute atomic E-state index is 14.4. The Labute approximate surface area is 133 Å². The molecule has 1 fully saturated rings. The number of hydrogen-bond acceptors (Lipinski definition) is 3. The van der Waals surface area contributed by atoms with Gasteiger partial charge in [-0.1, -0.05) is 18.9 Å². The van der Waals surface area contributed by atoms with Crippen molar-refractivity contribution in [3.05, 3.63) is 47.7 Å². The lowest BCUT2D eigenvalue weighted by Gasteiger charge is -2.15. The summed E-state index contributed by atoms with van der Waals surface area (Å²) < 4.78 is 51.0. The van der Waals surface area contributed by atoms with Crippen molar-refractivity contribution in [2.75, 3.05) is 0 Å². The molecule has 122 valence electrons. The molecule has 0 bridgehead atoms. The lowest BCUT2D eigenvalue weighted by Crippen LogP contribution is -2.15. The van der Waals surface area contributed by atoms with Crippen LogP contribution >= 0.6 is 0 Å². The molecule has 2 aromatic rings. The van der Waals surface area contributed by atoms with Gasteiger partial charge < -0.3 is 0 Å². The molecule has 1 heterocycles. The predicted molar refractivity (Wildman–Crippen MR) is 82.2 cm³/mol. The van der Waals surface area contributed by atoms with Gasteiger partial charge in [-0.15, -0.1) is 0 Å². The Morgan fingerprint density at radius 1 is 1.13 bits per heavy atom. The number of primary sulfonamides is 1. The lowest BCUT2D eigenvalue weighted by atomic mass is 9.93. The van der Waals surface area contributed by atoms with Crippen molar-refractivity contribution in [2.45, 2.75) is 36.5 Å². The molecule has 7 heteroatoms. The van der Waals surface area contributed by atoms with E-state index in [9.17, 15) is 17.2 Å². The first-order chi connectivity index (χ1) is 10.9. The fourth-order valence-electron chi connectivity index (χ4n) is 3.14. The zero-order chi connectivity index (χ0) is 16.6. The molecule has 0 amide bonds. The minimum absolute atomic E-state index is 0.0441. The topological polar surface area (TPSA) is 73.1 Å². The monoisotopic (exact) mass is 338 g/mol. The molecule has 1 aromatic heterocycles. The number of nitrogens with two attached hydrogens (primary N) is 1. The highest BCUT2D eigenvalue weighted by atomic mass is 32.2. The minimum atomic E-state index is -4.32. The van der Waals surface area contributed by atoms with Crippen molar-refractivity contribution in [3.63, 3.8) is 0 Å². The maximum atomic E-state index is 14.4. The Kier molecular flexibility index (Phi) is 4.16. The summed E-state index contributed by atoms with van der Waals surface area (Å²) in [6, 6.07) is 5.11. The zero-order valence-electron chi connectivity index (χ0n) is 12.3. The summed E-state index contributed by atoms with van der Waals surface area (Å²) in [7, 11) is -4.32. The fourth-order valence-corrected chi connectivity index (χ4v) is 3.74. The molecule has 0 saturated heterocycles. The summed E-state index contributed by atoms with van der Waals surface area (Å²) in [5, 5.41) is 4.89. The average molecular weight is 338 g/mol. The SMILES string of the molecule is NS(=O)(=O)c1cc(F)c(-c2ncccc2C2CCCC2)cc1F. The van der Waals surface area contributed by atoms with Crippen molar-refractivity contribution in [3.8, 4) is 11.3 Å². The van der Waals surface area contributed by atoms with Crippen LogP contribution in [0.15, 0.2) is 35.4 Å². The molecule has 1 saturated carbocycles. The Bertz CT molecular complexity index is 847. The Hall–Kier alpha value is -1.86. The minimum Gasteiger partial charge on any atom is -0.256 e. The molecule has 2 N–H and O–H groups in total. The van der Waals surface area contributed by atoms with Crippen molar-refractivity contribution >= 4 is 10.0 Å². The highest BCUT2D eigenvalue weighted by molar-refractivity contribution is 7.89. The number of sulfonamides is 1.